The van der Waals surface area contributed by atoms with E-state index in [4.69, 9.17) is 6.64 Å². The van der Waals surface area contributed by atoms with Crippen molar-refractivity contribution < 1.29 is 24.0 Å². The maximum absolute atomic E-state index is 5.82. The molecule has 0 fully saturated rings. The minimum atomic E-state index is -2.31. The van der Waals surface area contributed by atoms with Crippen molar-refractivity contribution in [3.8, 4) is 0 Å². The summed E-state index contributed by atoms with van der Waals surface area (Å²) in [6.45, 7) is 7.99. The molecule has 0 aliphatic carbocycles. The van der Waals surface area contributed by atoms with Crippen LogP contribution in [0.25, 0.3) is 0 Å². The molecule has 0 aliphatic heterocycles. The summed E-state index contributed by atoms with van der Waals surface area (Å²) >= 11 is -2.31. The second-order valence-electron chi connectivity index (χ2n) is 3.81. The van der Waals surface area contributed by atoms with E-state index in [9.17, 15) is 0 Å². The summed E-state index contributed by atoms with van der Waals surface area (Å²) < 4.78 is 12.8. The minimum absolute atomic E-state index is 0.810. The second kappa shape index (κ2) is 8.90. The fraction of sp³-hybridized carbons (Fsp3) is 1.00. The molecule has 2 nitrogen and oxygen atoms in total. The first-order chi connectivity index (χ1) is 6.68. The van der Waals surface area contributed by atoms with Gasteiger partial charge in [-0.3, -0.25) is 0 Å². The number of rotatable bonds is 9. The normalized spacial score (nSPS) is 12.0. The van der Waals surface area contributed by atoms with Crippen molar-refractivity contribution >= 4 is 0 Å². The van der Waals surface area contributed by atoms with Crippen LogP contribution in [0.5, 0.6) is 0 Å². The molecule has 0 N–H and O–H groups in total. The summed E-state index contributed by atoms with van der Waals surface area (Å²) in [4.78, 5) is 0. The molecule has 0 amide bonds. The average Bonchev–Trinajstić information content (AvgIpc) is 2.13. The molecule has 0 unspecified atom stereocenters. The molecular formula is C11H26O2Ti. The zero-order chi connectivity index (χ0) is 10.9. The van der Waals surface area contributed by atoms with Crippen molar-refractivity contribution in [1.29, 1.82) is 0 Å². The van der Waals surface area contributed by atoms with Gasteiger partial charge >= 0.3 is 93.6 Å². The Morgan fingerprint density at radius 3 is 1.86 bits per heavy atom. The van der Waals surface area contributed by atoms with E-state index in [-0.39, 0.29) is 0 Å². The van der Waals surface area contributed by atoms with Crippen LogP contribution in [-0.4, -0.2) is 13.2 Å². The van der Waals surface area contributed by atoms with E-state index < -0.39 is 17.4 Å². The Balaban J connectivity index is 3.71. The summed E-state index contributed by atoms with van der Waals surface area (Å²) in [6, 6.07) is 0. The van der Waals surface area contributed by atoms with Crippen LogP contribution in [0.15, 0.2) is 0 Å². The summed E-state index contributed by atoms with van der Waals surface area (Å²) in [5.74, 6) is 0. The summed E-state index contributed by atoms with van der Waals surface area (Å²) in [5, 5.41) is 2.24. The van der Waals surface area contributed by atoms with Gasteiger partial charge in [-0.25, -0.2) is 0 Å². The molecule has 14 heavy (non-hydrogen) atoms. The van der Waals surface area contributed by atoms with Crippen LogP contribution in [-0.2, 0) is 24.0 Å². The summed E-state index contributed by atoms with van der Waals surface area (Å²) in [7, 11) is 0. The van der Waals surface area contributed by atoms with Crippen molar-refractivity contribution in [3.05, 3.63) is 0 Å². The number of hydrogen-bond donors (Lipinski definition) is 0. The van der Waals surface area contributed by atoms with Gasteiger partial charge < -0.3 is 0 Å². The van der Waals surface area contributed by atoms with Crippen molar-refractivity contribution in [3.63, 3.8) is 0 Å². The van der Waals surface area contributed by atoms with Gasteiger partial charge in [0.1, 0.15) is 0 Å². The van der Waals surface area contributed by atoms with Crippen LogP contribution in [0.2, 0.25) is 9.95 Å². The third-order valence-corrected chi connectivity index (χ3v) is 7.16. The molecule has 3 heteroatoms. The van der Waals surface area contributed by atoms with Crippen molar-refractivity contribution in [2.45, 2.75) is 56.4 Å². The van der Waals surface area contributed by atoms with E-state index in [1.54, 1.807) is 0 Å². The number of unbranched alkanes of at least 4 members (excludes halogenated alkanes) is 3. The first-order valence-electron chi connectivity index (χ1n) is 5.96. The van der Waals surface area contributed by atoms with Crippen LogP contribution in [0.4, 0.5) is 0 Å². The molecule has 0 aliphatic rings. The molecule has 0 aromatic rings. The van der Waals surface area contributed by atoms with E-state index in [1.165, 1.54) is 30.4 Å². The quantitative estimate of drug-likeness (QED) is 0.445. The Morgan fingerprint density at radius 2 is 1.43 bits per heavy atom. The Hall–Kier alpha value is 0.634. The second-order valence-corrected chi connectivity index (χ2v) is 9.03. The molecule has 0 radical (unpaired) electrons. The average molecular weight is 238 g/mol. The zero-order valence-corrected chi connectivity index (χ0v) is 11.8. The van der Waals surface area contributed by atoms with Gasteiger partial charge in [-0.15, -0.1) is 0 Å². The molecule has 0 saturated heterocycles. The van der Waals surface area contributed by atoms with Gasteiger partial charge in [-0.2, -0.15) is 0 Å². The van der Waals surface area contributed by atoms with E-state index in [2.05, 4.69) is 26.0 Å². The Kier molecular flexibility index (Phi) is 9.31. The van der Waals surface area contributed by atoms with Gasteiger partial charge in [0.25, 0.3) is 0 Å². The predicted octanol–water partition coefficient (Wildman–Crippen LogP) is 4.09. The molecule has 0 atom stereocenters. The Morgan fingerprint density at radius 1 is 0.857 bits per heavy atom. The SMILES string of the molecule is CCCCC[CH2][Ti]([CH3])([O]CC)[O]CC. The number of hydrogen-bond acceptors (Lipinski definition) is 2. The topological polar surface area (TPSA) is 18.5 Å². The third kappa shape index (κ3) is 7.00. The van der Waals surface area contributed by atoms with Crippen molar-refractivity contribution in [1.82, 2.24) is 0 Å². The van der Waals surface area contributed by atoms with Gasteiger partial charge in [0.15, 0.2) is 0 Å². The van der Waals surface area contributed by atoms with Crippen LogP contribution in [0.3, 0.4) is 0 Å². The molecule has 0 bridgehead atoms. The van der Waals surface area contributed by atoms with Crippen molar-refractivity contribution in [2.75, 3.05) is 13.2 Å². The molecule has 0 spiro atoms. The standard InChI is InChI=1S/C6H13.2C2H5O.CH3.Ti/c1-3-5-6-4-2;2*1-2-3;;/h1,3-6H2,2H3;2*2H2,1H3;1H3;/q;2*-1;;+2. The first kappa shape index (κ1) is 14.6. The molecule has 86 valence electrons. The van der Waals surface area contributed by atoms with Gasteiger partial charge in [0.05, 0.1) is 0 Å². The molecule has 0 heterocycles. The monoisotopic (exact) mass is 238 g/mol. The van der Waals surface area contributed by atoms with E-state index >= 15 is 0 Å². The fourth-order valence-electron chi connectivity index (χ4n) is 1.67. The third-order valence-electron chi connectivity index (χ3n) is 2.38. The predicted molar refractivity (Wildman–Crippen MR) is 58.1 cm³/mol. The van der Waals surface area contributed by atoms with E-state index in [0.717, 1.165) is 13.2 Å². The molecule has 0 rings (SSSR count). The van der Waals surface area contributed by atoms with E-state index in [1.807, 2.05) is 0 Å². The Bertz CT molecular complexity index is 122. The van der Waals surface area contributed by atoms with Gasteiger partial charge in [0, 0.05) is 0 Å². The summed E-state index contributed by atoms with van der Waals surface area (Å²) in [6.07, 6.45) is 5.26. The Labute approximate surface area is 93.7 Å². The van der Waals surface area contributed by atoms with Crippen LogP contribution in [0, 0.1) is 0 Å². The fourth-order valence-corrected chi connectivity index (χ4v) is 5.55. The van der Waals surface area contributed by atoms with Crippen molar-refractivity contribution in [2.24, 2.45) is 0 Å². The van der Waals surface area contributed by atoms with E-state index in [0.29, 0.717) is 0 Å². The molecule has 0 aromatic carbocycles. The van der Waals surface area contributed by atoms with Gasteiger partial charge in [0.2, 0.25) is 0 Å². The molecule has 0 saturated carbocycles. The van der Waals surface area contributed by atoms with Gasteiger partial charge in [-0.1, -0.05) is 0 Å². The zero-order valence-electron chi connectivity index (χ0n) is 10.3. The maximum atomic E-state index is 5.82. The first-order valence-corrected chi connectivity index (χ1v) is 9.90. The van der Waals surface area contributed by atoms with Crippen LogP contribution >= 0.6 is 0 Å². The summed E-state index contributed by atoms with van der Waals surface area (Å²) in [5.41, 5.74) is 0. The van der Waals surface area contributed by atoms with Crippen LogP contribution < -0.4 is 0 Å². The molecule has 0 aromatic heterocycles. The van der Waals surface area contributed by atoms with Gasteiger partial charge in [-0.05, 0) is 0 Å². The van der Waals surface area contributed by atoms with Crippen LogP contribution in [0.1, 0.15) is 46.5 Å². The molecular weight excluding hydrogens is 212 g/mol.